The highest BCUT2D eigenvalue weighted by Gasteiger charge is 2.33. The molecule has 0 radical (unpaired) electrons. The number of nitrogens with zero attached hydrogens (tertiary/aromatic N) is 1. The summed E-state index contributed by atoms with van der Waals surface area (Å²) in [6.07, 6.45) is 6.56. The van der Waals surface area contributed by atoms with Gasteiger partial charge >= 0.3 is 0 Å². The number of halogens is 3. The van der Waals surface area contributed by atoms with E-state index < -0.39 is 0 Å². The average Bonchev–Trinajstić information content (AvgIpc) is 3.38. The van der Waals surface area contributed by atoms with Crippen LogP contribution in [0.5, 0.6) is 0 Å². The van der Waals surface area contributed by atoms with Crippen molar-refractivity contribution >= 4 is 41.7 Å². The van der Waals surface area contributed by atoms with Crippen LogP contribution in [0.2, 0.25) is 10.0 Å². The van der Waals surface area contributed by atoms with Gasteiger partial charge in [-0.15, -0.1) is 0 Å². The number of likely N-dealkylation sites (tertiary alicyclic amines) is 1. The first-order valence-electron chi connectivity index (χ1n) is 14.1. The molecule has 2 aromatic carbocycles. The molecule has 9 heteroatoms. The molecule has 0 aromatic heterocycles. The molecule has 2 aliphatic rings. The van der Waals surface area contributed by atoms with Crippen molar-refractivity contribution in [2.75, 3.05) is 44.6 Å². The number of anilines is 1. The van der Waals surface area contributed by atoms with Crippen molar-refractivity contribution < 1.29 is 14.0 Å². The van der Waals surface area contributed by atoms with Gasteiger partial charge in [-0.2, -0.15) is 0 Å². The van der Waals surface area contributed by atoms with Crippen LogP contribution in [0.4, 0.5) is 10.1 Å². The van der Waals surface area contributed by atoms with Crippen molar-refractivity contribution in [2.45, 2.75) is 65.2 Å². The molecule has 2 unspecified atom stereocenters. The first kappa shape index (κ1) is 34.0. The summed E-state index contributed by atoms with van der Waals surface area (Å²) in [7, 11) is 0. The number of hydrogen-bond acceptors (Lipinski definition) is 4. The summed E-state index contributed by atoms with van der Waals surface area (Å²) in [6.45, 7) is 14.5. The number of rotatable bonds is 9. The fourth-order valence-corrected chi connectivity index (χ4v) is 5.18. The summed E-state index contributed by atoms with van der Waals surface area (Å²) in [6, 6.07) is 10.4. The lowest BCUT2D eigenvalue weighted by Gasteiger charge is -2.26. The quantitative estimate of drug-likeness (QED) is 0.220. The van der Waals surface area contributed by atoms with Gasteiger partial charge in [0.1, 0.15) is 5.82 Å². The van der Waals surface area contributed by atoms with E-state index in [0.29, 0.717) is 41.2 Å². The van der Waals surface area contributed by atoms with Crippen LogP contribution in [-0.4, -0.2) is 57.0 Å². The van der Waals surface area contributed by atoms with Gasteiger partial charge in [0.25, 0.3) is 0 Å². The van der Waals surface area contributed by atoms with E-state index in [0.717, 1.165) is 31.5 Å². The standard InChI is InChI=1S/C17H15Cl2FN2O.C9H18N2O.C5H12/c18-10-4-5-11(16(6-10)22-9-23)13-7-21-8-14(13)12-2-1-3-15(19)17(12)20;12-9-10-5-4-8-11-6-2-1-3-7-11;1-5(2,3)4/h1-6,9,13-14,21H,7-8H2,(H,22,23);9H,1-8H2,(H,10,12);1-4H3. The molecule has 0 bridgehead atoms. The lowest BCUT2D eigenvalue weighted by atomic mass is 9.83. The van der Waals surface area contributed by atoms with Crippen LogP contribution in [0, 0.1) is 11.2 Å². The van der Waals surface area contributed by atoms with E-state index in [1.807, 2.05) is 6.07 Å². The summed E-state index contributed by atoms with van der Waals surface area (Å²) < 4.78 is 14.4. The van der Waals surface area contributed by atoms with Crippen LogP contribution in [0.15, 0.2) is 36.4 Å². The topological polar surface area (TPSA) is 73.5 Å². The van der Waals surface area contributed by atoms with Crippen molar-refractivity contribution in [2.24, 2.45) is 5.41 Å². The van der Waals surface area contributed by atoms with Gasteiger partial charge in [-0.3, -0.25) is 9.59 Å². The fraction of sp³-hybridized carbons (Fsp3) is 0.548. The molecular weight excluding hydrogens is 550 g/mol. The number of amides is 2. The largest absolute Gasteiger partial charge is 0.359 e. The van der Waals surface area contributed by atoms with Gasteiger partial charge in [0.2, 0.25) is 12.8 Å². The molecule has 2 saturated heterocycles. The highest BCUT2D eigenvalue weighted by molar-refractivity contribution is 6.31. The van der Waals surface area contributed by atoms with Gasteiger partial charge in [0.15, 0.2) is 0 Å². The van der Waals surface area contributed by atoms with Crippen molar-refractivity contribution in [3.8, 4) is 0 Å². The summed E-state index contributed by atoms with van der Waals surface area (Å²) in [4.78, 5) is 23.3. The zero-order valence-corrected chi connectivity index (χ0v) is 25.8. The molecule has 2 aromatic rings. The Kier molecular flexibility index (Phi) is 15.0. The molecule has 0 spiro atoms. The molecule has 2 aliphatic heterocycles. The predicted molar refractivity (Wildman–Crippen MR) is 165 cm³/mol. The average molecular weight is 596 g/mol. The minimum atomic E-state index is -0.383. The molecule has 0 aliphatic carbocycles. The van der Waals surface area contributed by atoms with E-state index in [1.54, 1.807) is 30.3 Å². The maximum atomic E-state index is 14.4. The summed E-state index contributed by atoms with van der Waals surface area (Å²) in [5.41, 5.74) is 2.66. The molecule has 3 N–H and O–H groups in total. The third kappa shape index (κ3) is 12.1. The highest BCUT2D eigenvalue weighted by Crippen LogP contribution is 2.41. The van der Waals surface area contributed by atoms with E-state index in [9.17, 15) is 14.0 Å². The number of piperidine rings is 1. The molecule has 6 nitrogen and oxygen atoms in total. The first-order chi connectivity index (χ1) is 19.0. The fourth-order valence-electron chi connectivity index (χ4n) is 4.83. The van der Waals surface area contributed by atoms with Gasteiger partial charge in [-0.05, 0) is 73.6 Å². The lowest BCUT2D eigenvalue weighted by Crippen LogP contribution is -2.32. The number of carbonyl (C=O) groups excluding carboxylic acids is 2. The predicted octanol–water partition coefficient (Wildman–Crippen LogP) is 6.83. The number of nitrogens with one attached hydrogen (secondary N) is 3. The number of benzene rings is 2. The molecule has 40 heavy (non-hydrogen) atoms. The molecule has 4 rings (SSSR count). The molecular formula is C31H45Cl2FN4O2. The van der Waals surface area contributed by atoms with Gasteiger partial charge in [0, 0.05) is 42.2 Å². The zero-order valence-electron chi connectivity index (χ0n) is 24.2. The van der Waals surface area contributed by atoms with Crippen molar-refractivity contribution in [1.82, 2.24) is 15.5 Å². The maximum absolute atomic E-state index is 14.4. The van der Waals surface area contributed by atoms with Crippen LogP contribution in [0.3, 0.4) is 0 Å². The summed E-state index contributed by atoms with van der Waals surface area (Å²) in [5.74, 6) is -0.434. The van der Waals surface area contributed by atoms with E-state index >= 15 is 0 Å². The zero-order chi connectivity index (χ0) is 29.5. The Labute approximate surface area is 249 Å². The monoisotopic (exact) mass is 594 g/mol. The Morgan fingerprint density at radius 3 is 2.25 bits per heavy atom. The Hall–Kier alpha value is -2.19. The van der Waals surface area contributed by atoms with Gasteiger partial charge in [-0.1, -0.05) is 75.5 Å². The van der Waals surface area contributed by atoms with Crippen LogP contribution in [0.1, 0.15) is 76.3 Å². The van der Waals surface area contributed by atoms with Crippen molar-refractivity contribution in [1.29, 1.82) is 0 Å². The second-order valence-electron chi connectivity index (χ2n) is 11.8. The van der Waals surface area contributed by atoms with Crippen molar-refractivity contribution in [3.63, 3.8) is 0 Å². The number of carbonyl (C=O) groups is 2. The third-order valence-corrected chi connectivity index (χ3v) is 7.08. The molecule has 2 fully saturated rings. The Morgan fingerprint density at radius 1 is 0.975 bits per heavy atom. The SMILES string of the molecule is CC(C)(C)C.O=CNCCCN1CCCCC1.O=CNc1cc(Cl)ccc1C1CNCC1c1cccc(Cl)c1F. The Balaban J connectivity index is 0.000000275. The third-order valence-electron chi connectivity index (χ3n) is 6.55. The van der Waals surface area contributed by atoms with Crippen LogP contribution in [0.25, 0.3) is 0 Å². The van der Waals surface area contributed by atoms with E-state index in [4.69, 9.17) is 23.2 Å². The molecule has 2 heterocycles. The Morgan fingerprint density at radius 2 is 1.62 bits per heavy atom. The molecule has 0 saturated carbocycles. The van der Waals surface area contributed by atoms with Crippen LogP contribution < -0.4 is 16.0 Å². The molecule has 2 amide bonds. The van der Waals surface area contributed by atoms with Gasteiger partial charge in [-0.25, -0.2) is 4.39 Å². The van der Waals surface area contributed by atoms with Crippen molar-refractivity contribution in [3.05, 3.63) is 63.4 Å². The van der Waals surface area contributed by atoms with Crippen LogP contribution >= 0.6 is 23.2 Å². The molecule has 2 atom stereocenters. The van der Waals surface area contributed by atoms with Gasteiger partial charge < -0.3 is 20.9 Å². The summed E-state index contributed by atoms with van der Waals surface area (Å²) >= 11 is 11.9. The first-order valence-corrected chi connectivity index (χ1v) is 14.8. The molecule has 222 valence electrons. The summed E-state index contributed by atoms with van der Waals surface area (Å²) in [5, 5.41) is 9.31. The Bertz CT molecular complexity index is 1050. The second kappa shape index (κ2) is 17.6. The van der Waals surface area contributed by atoms with E-state index in [1.165, 1.54) is 32.4 Å². The normalized spacial score (nSPS) is 19.0. The minimum absolute atomic E-state index is 0.0164. The maximum Gasteiger partial charge on any atom is 0.211 e. The van der Waals surface area contributed by atoms with Crippen LogP contribution in [-0.2, 0) is 9.59 Å². The van der Waals surface area contributed by atoms with E-state index in [2.05, 4.69) is 48.5 Å². The van der Waals surface area contributed by atoms with E-state index in [-0.39, 0.29) is 22.7 Å². The smallest absolute Gasteiger partial charge is 0.211 e. The van der Waals surface area contributed by atoms with Gasteiger partial charge in [0.05, 0.1) is 5.02 Å². The number of hydrogen-bond donors (Lipinski definition) is 3. The minimum Gasteiger partial charge on any atom is -0.359 e. The highest BCUT2D eigenvalue weighted by atomic mass is 35.5. The second-order valence-corrected chi connectivity index (χ2v) is 12.7. The lowest BCUT2D eigenvalue weighted by molar-refractivity contribution is -0.109.